The van der Waals surface area contributed by atoms with E-state index >= 15 is 0 Å². The lowest BCUT2D eigenvalue weighted by atomic mass is 9.69. The van der Waals surface area contributed by atoms with E-state index in [2.05, 4.69) is 19.6 Å². The second kappa shape index (κ2) is 8.70. The molecule has 3 aliphatic carbocycles. The standard InChI is InChI=1S/C22H38O/c1-3-18-6-10-20(11-7-18)21-12-8-19(9-13-21)16-23-22-14-4-17(2)5-15-22/h3,17-22H,1,4-16H2,2H3. The van der Waals surface area contributed by atoms with E-state index in [9.17, 15) is 0 Å². The van der Waals surface area contributed by atoms with E-state index in [1.165, 1.54) is 77.0 Å². The number of ether oxygens (including phenoxy) is 1. The third-order valence-electron chi connectivity index (χ3n) is 7.24. The smallest absolute Gasteiger partial charge is 0.0575 e. The lowest BCUT2D eigenvalue weighted by Gasteiger charge is -2.37. The van der Waals surface area contributed by atoms with Gasteiger partial charge < -0.3 is 4.74 Å². The van der Waals surface area contributed by atoms with E-state index in [0.717, 1.165) is 36.2 Å². The Morgan fingerprint density at radius 3 is 1.91 bits per heavy atom. The highest BCUT2D eigenvalue weighted by Gasteiger charge is 2.30. The summed E-state index contributed by atoms with van der Waals surface area (Å²) in [6, 6.07) is 0. The van der Waals surface area contributed by atoms with Crippen molar-refractivity contribution in [1.29, 1.82) is 0 Å². The van der Waals surface area contributed by atoms with Gasteiger partial charge in [-0.1, -0.05) is 13.0 Å². The van der Waals surface area contributed by atoms with Crippen LogP contribution in [0, 0.1) is 29.6 Å². The molecule has 0 heterocycles. The van der Waals surface area contributed by atoms with Gasteiger partial charge in [-0.25, -0.2) is 0 Å². The highest BCUT2D eigenvalue weighted by molar-refractivity contribution is 4.87. The van der Waals surface area contributed by atoms with Gasteiger partial charge in [0.15, 0.2) is 0 Å². The van der Waals surface area contributed by atoms with Crippen LogP contribution in [-0.2, 0) is 4.74 Å². The Hall–Kier alpha value is -0.300. The van der Waals surface area contributed by atoms with Crippen molar-refractivity contribution >= 4 is 0 Å². The summed E-state index contributed by atoms with van der Waals surface area (Å²) in [7, 11) is 0. The molecular weight excluding hydrogens is 280 g/mol. The van der Waals surface area contributed by atoms with Gasteiger partial charge in [-0.15, -0.1) is 6.58 Å². The Morgan fingerprint density at radius 1 is 0.783 bits per heavy atom. The van der Waals surface area contributed by atoms with Crippen molar-refractivity contribution in [2.24, 2.45) is 29.6 Å². The molecule has 0 amide bonds. The fraction of sp³-hybridized carbons (Fsp3) is 0.909. The largest absolute Gasteiger partial charge is 0.378 e. The first-order valence-corrected chi connectivity index (χ1v) is 10.5. The molecule has 3 fully saturated rings. The van der Waals surface area contributed by atoms with Crippen LogP contribution in [0.2, 0.25) is 0 Å². The van der Waals surface area contributed by atoms with Gasteiger partial charge in [0.2, 0.25) is 0 Å². The summed E-state index contributed by atoms with van der Waals surface area (Å²) in [5, 5.41) is 0. The summed E-state index contributed by atoms with van der Waals surface area (Å²) in [5.41, 5.74) is 0. The average Bonchev–Trinajstić information content (AvgIpc) is 2.62. The van der Waals surface area contributed by atoms with Crippen LogP contribution in [0.4, 0.5) is 0 Å². The summed E-state index contributed by atoms with van der Waals surface area (Å²) >= 11 is 0. The van der Waals surface area contributed by atoms with Crippen molar-refractivity contribution < 1.29 is 4.74 Å². The highest BCUT2D eigenvalue weighted by atomic mass is 16.5. The minimum atomic E-state index is 0.582. The van der Waals surface area contributed by atoms with Crippen LogP contribution < -0.4 is 0 Å². The third-order valence-corrected chi connectivity index (χ3v) is 7.24. The van der Waals surface area contributed by atoms with E-state index in [1.807, 2.05) is 0 Å². The molecule has 0 unspecified atom stereocenters. The van der Waals surface area contributed by atoms with Gasteiger partial charge in [0, 0.05) is 6.61 Å². The molecule has 3 aliphatic rings. The lowest BCUT2D eigenvalue weighted by molar-refractivity contribution is -0.0109. The molecule has 23 heavy (non-hydrogen) atoms. The molecule has 3 rings (SSSR count). The molecule has 0 radical (unpaired) electrons. The molecule has 0 spiro atoms. The van der Waals surface area contributed by atoms with Crippen molar-refractivity contribution in [3.8, 4) is 0 Å². The third kappa shape index (κ3) is 5.08. The van der Waals surface area contributed by atoms with E-state index in [0.29, 0.717) is 6.10 Å². The Balaban J connectivity index is 1.32. The molecule has 0 atom stereocenters. The molecule has 0 saturated heterocycles. The van der Waals surface area contributed by atoms with Crippen molar-refractivity contribution in [3.05, 3.63) is 12.7 Å². The van der Waals surface area contributed by atoms with Gasteiger partial charge >= 0.3 is 0 Å². The van der Waals surface area contributed by atoms with E-state index in [4.69, 9.17) is 4.74 Å². The van der Waals surface area contributed by atoms with Crippen LogP contribution in [0.5, 0.6) is 0 Å². The molecule has 132 valence electrons. The first-order valence-electron chi connectivity index (χ1n) is 10.5. The minimum Gasteiger partial charge on any atom is -0.378 e. The van der Waals surface area contributed by atoms with E-state index < -0.39 is 0 Å². The maximum absolute atomic E-state index is 6.27. The van der Waals surface area contributed by atoms with Crippen LogP contribution >= 0.6 is 0 Å². The maximum Gasteiger partial charge on any atom is 0.0575 e. The number of allylic oxidation sites excluding steroid dienone is 1. The first kappa shape index (κ1) is 17.5. The van der Waals surface area contributed by atoms with Gasteiger partial charge in [-0.3, -0.25) is 0 Å². The first-order chi connectivity index (χ1) is 11.2. The van der Waals surface area contributed by atoms with Gasteiger partial charge in [0.1, 0.15) is 0 Å². The fourth-order valence-corrected chi connectivity index (χ4v) is 5.35. The molecule has 3 saturated carbocycles. The Labute approximate surface area is 144 Å². The molecule has 1 heteroatoms. The van der Waals surface area contributed by atoms with Gasteiger partial charge in [0.05, 0.1) is 6.10 Å². The summed E-state index contributed by atoms with van der Waals surface area (Å²) in [4.78, 5) is 0. The fourth-order valence-electron chi connectivity index (χ4n) is 5.35. The molecule has 1 nitrogen and oxygen atoms in total. The Kier molecular flexibility index (Phi) is 6.62. The molecule has 0 N–H and O–H groups in total. The number of rotatable bonds is 5. The SMILES string of the molecule is C=CC1CCC(C2CCC(COC3CCC(C)CC3)CC2)CC1. The predicted octanol–water partition coefficient (Wildman–Crippen LogP) is 6.38. The Morgan fingerprint density at radius 2 is 1.35 bits per heavy atom. The summed E-state index contributed by atoms with van der Waals surface area (Å²) in [6.07, 6.45) is 19.7. The van der Waals surface area contributed by atoms with Crippen LogP contribution in [0.25, 0.3) is 0 Å². The van der Waals surface area contributed by atoms with Crippen molar-refractivity contribution in [3.63, 3.8) is 0 Å². The minimum absolute atomic E-state index is 0.582. The molecule has 0 aromatic heterocycles. The van der Waals surface area contributed by atoms with Crippen LogP contribution in [-0.4, -0.2) is 12.7 Å². The number of hydrogen-bond donors (Lipinski definition) is 0. The van der Waals surface area contributed by atoms with Crippen molar-refractivity contribution in [2.45, 2.75) is 90.1 Å². The highest BCUT2D eigenvalue weighted by Crippen LogP contribution is 2.41. The average molecular weight is 319 g/mol. The zero-order chi connectivity index (χ0) is 16.1. The van der Waals surface area contributed by atoms with E-state index in [-0.39, 0.29) is 0 Å². The van der Waals surface area contributed by atoms with Crippen LogP contribution in [0.3, 0.4) is 0 Å². The lowest BCUT2D eigenvalue weighted by Crippen LogP contribution is -2.28. The zero-order valence-corrected chi connectivity index (χ0v) is 15.3. The zero-order valence-electron chi connectivity index (χ0n) is 15.3. The molecule has 0 aliphatic heterocycles. The predicted molar refractivity (Wildman–Crippen MR) is 98.5 cm³/mol. The van der Waals surface area contributed by atoms with Gasteiger partial charge in [-0.2, -0.15) is 0 Å². The second-order valence-electron chi connectivity index (χ2n) is 8.91. The summed E-state index contributed by atoms with van der Waals surface area (Å²) in [6.45, 7) is 7.42. The van der Waals surface area contributed by atoms with Crippen molar-refractivity contribution in [2.75, 3.05) is 6.61 Å². The summed E-state index contributed by atoms with van der Waals surface area (Å²) < 4.78 is 6.27. The normalized spacial score (nSPS) is 42.3. The summed E-state index contributed by atoms with van der Waals surface area (Å²) in [5.74, 6) is 4.64. The van der Waals surface area contributed by atoms with Gasteiger partial charge in [-0.05, 0) is 107 Å². The molecular formula is C22H38O. The van der Waals surface area contributed by atoms with Crippen molar-refractivity contribution in [1.82, 2.24) is 0 Å². The topological polar surface area (TPSA) is 9.23 Å². The monoisotopic (exact) mass is 318 g/mol. The number of hydrogen-bond acceptors (Lipinski definition) is 1. The quantitative estimate of drug-likeness (QED) is 0.534. The van der Waals surface area contributed by atoms with Crippen LogP contribution in [0.1, 0.15) is 84.0 Å². The Bertz CT molecular complexity index is 339. The van der Waals surface area contributed by atoms with Gasteiger partial charge in [0.25, 0.3) is 0 Å². The molecule has 0 aromatic rings. The maximum atomic E-state index is 6.27. The van der Waals surface area contributed by atoms with E-state index in [1.54, 1.807) is 0 Å². The van der Waals surface area contributed by atoms with Crippen LogP contribution in [0.15, 0.2) is 12.7 Å². The second-order valence-corrected chi connectivity index (χ2v) is 8.91. The molecule has 0 aromatic carbocycles. The molecule has 0 bridgehead atoms.